The second-order valence-corrected chi connectivity index (χ2v) is 10.3. The molecule has 0 amide bonds. The molecule has 0 aliphatic heterocycles. The fraction of sp³-hybridized carbons (Fsp3) is 0.900. The first-order valence-corrected chi connectivity index (χ1v) is 15.5. The van der Waals surface area contributed by atoms with Gasteiger partial charge in [0.15, 0.2) is 0 Å². The molecular weight excluding hydrogens is 481 g/mol. The van der Waals surface area contributed by atoms with E-state index in [2.05, 4.69) is 27.7 Å². The van der Waals surface area contributed by atoms with Crippen LogP contribution in [0.15, 0.2) is 0 Å². The van der Waals surface area contributed by atoms with Crippen molar-refractivity contribution >= 4 is 26.3 Å². The van der Waals surface area contributed by atoms with Crippen LogP contribution in [0.5, 0.6) is 0 Å². The highest BCUT2D eigenvalue weighted by atomic mass is 17.2. The van der Waals surface area contributed by atoms with Crippen molar-refractivity contribution < 1.29 is 34.3 Å². The van der Waals surface area contributed by atoms with Gasteiger partial charge in [-0.3, -0.25) is 0 Å². The molecule has 0 unspecified atom stereocenters. The second-order valence-electron chi connectivity index (χ2n) is 10.3. The minimum Gasteiger partial charge on any atom is -0.245 e. The smallest absolute Gasteiger partial charge is 0.245 e. The van der Waals surface area contributed by atoms with Crippen molar-refractivity contribution in [2.45, 2.75) is 169 Å². The Bertz CT molecular complexity index is 535. The van der Waals surface area contributed by atoms with E-state index in [9.17, 15) is 14.4 Å². The van der Waals surface area contributed by atoms with Gasteiger partial charge in [0.1, 0.15) is 0 Å². The molecule has 0 aromatic carbocycles. The third-order valence-electron chi connectivity index (χ3n) is 6.69. The first-order valence-electron chi connectivity index (χ1n) is 15.5. The zero-order valence-electron chi connectivity index (χ0n) is 24.6. The maximum atomic E-state index is 13.1. The second kappa shape index (κ2) is 28.4. The van der Waals surface area contributed by atoms with Gasteiger partial charge in [0.05, 0.1) is 18.8 Å². The number of nitrogens with one attached hydrogen (secondary N) is 1. The van der Waals surface area contributed by atoms with Gasteiger partial charge in [0.2, 0.25) is 5.39 Å². The van der Waals surface area contributed by atoms with Crippen molar-refractivity contribution in [1.29, 1.82) is 0 Å². The minimum atomic E-state index is -0.603. The average Bonchev–Trinajstić information content (AvgIpc) is 2.87. The van der Waals surface area contributed by atoms with Crippen molar-refractivity contribution in [3.63, 3.8) is 0 Å². The van der Waals surface area contributed by atoms with Gasteiger partial charge in [0, 0.05) is 0 Å². The maximum Gasteiger partial charge on any atom is 0.381 e. The minimum absolute atomic E-state index is 0. The molecule has 8 heteroatoms. The Morgan fingerprint density at radius 1 is 0.500 bits per heavy atom. The monoisotopic (exact) mass is 543 g/mol. The van der Waals surface area contributed by atoms with E-state index in [0.717, 1.165) is 116 Å². The van der Waals surface area contributed by atoms with Crippen LogP contribution in [0.4, 0.5) is 0 Å². The molecule has 7 nitrogen and oxygen atoms in total. The van der Waals surface area contributed by atoms with Gasteiger partial charge in [0.25, 0.3) is 0 Å². The van der Waals surface area contributed by atoms with E-state index in [1.165, 1.54) is 0 Å². The molecule has 0 atom stereocenters. The van der Waals surface area contributed by atoms with Crippen molar-refractivity contribution in [2.24, 2.45) is 5.92 Å². The summed E-state index contributed by atoms with van der Waals surface area (Å²) < 4.78 is 0. The summed E-state index contributed by atoms with van der Waals surface area (Å²) in [6, 6.07) is 0. The Kier molecular flexibility index (Phi) is 28.9. The van der Waals surface area contributed by atoms with E-state index >= 15 is 0 Å². The highest BCUT2D eigenvalue weighted by molar-refractivity contribution is 5.75. The summed E-state index contributed by atoms with van der Waals surface area (Å²) >= 11 is 0. The summed E-state index contributed by atoms with van der Waals surface area (Å²) in [7, 11) is 0. The van der Waals surface area contributed by atoms with E-state index in [-0.39, 0.29) is 27.2 Å². The fourth-order valence-corrected chi connectivity index (χ4v) is 4.28. The molecule has 0 aliphatic rings. The summed E-state index contributed by atoms with van der Waals surface area (Å²) in [6.45, 7) is 8.61. The van der Waals surface area contributed by atoms with Gasteiger partial charge < -0.3 is 0 Å². The number of hydrogen-bond donors (Lipinski definition) is 1. The number of carbonyl (C=O) groups excluding carboxylic acids is 3. The first-order chi connectivity index (χ1) is 18.0. The molecule has 0 fully saturated rings. The zero-order chi connectivity index (χ0) is 27.6. The van der Waals surface area contributed by atoms with Gasteiger partial charge >= 0.3 is 17.9 Å². The molecule has 0 bridgehead atoms. The molecule has 0 aromatic rings. The third-order valence-corrected chi connectivity index (χ3v) is 6.69. The van der Waals surface area contributed by atoms with Crippen LogP contribution < -0.4 is 5.39 Å². The van der Waals surface area contributed by atoms with E-state index in [0.29, 0.717) is 12.8 Å². The van der Waals surface area contributed by atoms with Crippen LogP contribution in [0.2, 0.25) is 0 Å². The molecule has 0 spiro atoms. The molecule has 38 heavy (non-hydrogen) atoms. The van der Waals surface area contributed by atoms with E-state index in [1.54, 1.807) is 0 Å². The Labute approximate surface area is 235 Å². The summed E-state index contributed by atoms with van der Waals surface area (Å²) in [5.41, 5.74) is 0. The SMILES string of the molecule is CCCCCCCC(=O)O[NH+](OC(=O)CCCCCCC)OC(=O)C(CCCCCC)CCCCCC.[BH4-]. The summed E-state index contributed by atoms with van der Waals surface area (Å²) in [6.07, 6.45) is 20.4. The number of carbonyl (C=O) groups is 3. The van der Waals surface area contributed by atoms with Crippen LogP contribution in [0.25, 0.3) is 0 Å². The average molecular weight is 544 g/mol. The van der Waals surface area contributed by atoms with Crippen molar-refractivity contribution in [3.8, 4) is 0 Å². The zero-order valence-corrected chi connectivity index (χ0v) is 24.6. The number of hydrogen-bond acceptors (Lipinski definition) is 6. The van der Waals surface area contributed by atoms with Crippen molar-refractivity contribution in [1.82, 2.24) is 0 Å². The topological polar surface area (TPSA) is 83.3 Å². The molecule has 0 radical (unpaired) electrons. The van der Waals surface area contributed by atoms with E-state index < -0.39 is 23.3 Å². The lowest BCUT2D eigenvalue weighted by Gasteiger charge is -2.17. The lowest BCUT2D eigenvalue weighted by molar-refractivity contribution is -1.34. The predicted molar refractivity (Wildman–Crippen MR) is 158 cm³/mol. The van der Waals surface area contributed by atoms with Gasteiger partial charge in [-0.2, -0.15) is 14.5 Å². The molecule has 0 heterocycles. The van der Waals surface area contributed by atoms with Crippen LogP contribution in [0.3, 0.4) is 0 Å². The van der Waals surface area contributed by atoms with Crippen molar-refractivity contribution in [3.05, 3.63) is 0 Å². The Morgan fingerprint density at radius 3 is 1.21 bits per heavy atom. The first kappa shape index (κ1) is 38.6. The molecule has 0 saturated carbocycles. The Hall–Kier alpha value is -1.57. The van der Waals surface area contributed by atoms with Gasteiger partial charge in [-0.15, -0.1) is 0 Å². The molecular formula is C30H62BNO6. The fourth-order valence-electron chi connectivity index (χ4n) is 4.28. The lowest BCUT2D eigenvalue weighted by atomic mass is 9.94. The molecule has 0 rings (SSSR count). The Balaban J connectivity index is 0. The molecule has 0 aromatic heterocycles. The summed E-state index contributed by atoms with van der Waals surface area (Å²) in [4.78, 5) is 53.9. The molecule has 0 aliphatic carbocycles. The maximum absolute atomic E-state index is 13.1. The van der Waals surface area contributed by atoms with E-state index in [4.69, 9.17) is 14.5 Å². The van der Waals surface area contributed by atoms with Crippen LogP contribution >= 0.6 is 0 Å². The van der Waals surface area contributed by atoms with Crippen LogP contribution in [0.1, 0.15) is 169 Å². The number of unbranched alkanes of at least 4 members (excludes halogenated alkanes) is 14. The van der Waals surface area contributed by atoms with Gasteiger partial charge in [-0.05, 0) is 25.7 Å². The highest BCUT2D eigenvalue weighted by Crippen LogP contribution is 2.19. The van der Waals surface area contributed by atoms with Gasteiger partial charge in [-0.25, -0.2) is 14.4 Å². The largest absolute Gasteiger partial charge is 0.381 e. The normalized spacial score (nSPS) is 10.9. The van der Waals surface area contributed by atoms with Gasteiger partial charge in [-0.1, -0.05) is 139 Å². The molecule has 0 saturated heterocycles. The van der Waals surface area contributed by atoms with Crippen LogP contribution in [-0.4, -0.2) is 26.3 Å². The van der Waals surface area contributed by atoms with E-state index in [1.807, 2.05) is 0 Å². The summed E-state index contributed by atoms with van der Waals surface area (Å²) in [5.74, 6) is -1.81. The number of rotatable bonds is 26. The molecule has 226 valence electrons. The van der Waals surface area contributed by atoms with Crippen LogP contribution in [0, 0.1) is 5.92 Å². The Morgan fingerprint density at radius 2 is 0.842 bits per heavy atom. The summed E-state index contributed by atoms with van der Waals surface area (Å²) in [5, 5.41) is -0.603. The van der Waals surface area contributed by atoms with Crippen molar-refractivity contribution in [2.75, 3.05) is 0 Å². The highest BCUT2D eigenvalue weighted by Gasteiger charge is 2.31. The lowest BCUT2D eigenvalue weighted by Crippen LogP contribution is -3.10. The quantitative estimate of drug-likeness (QED) is 0.0810. The van der Waals surface area contributed by atoms with Crippen LogP contribution in [-0.2, 0) is 28.9 Å². The standard InChI is InChI=1S/C30H58NO6.BH4/c1-5-9-13-17-21-25-28(32)35-31(36-29(33)26-22-18-14-10-6-2)37-30(34)27(23-19-15-11-7-3)24-20-16-12-8-4;/h27,31H,5-26H2,1-4H3;1H4/q+1;-1. The third kappa shape index (κ3) is 23.5. The predicted octanol–water partition coefficient (Wildman–Crippen LogP) is 6.07. The number of quaternary nitrogens is 1. The molecule has 1 N–H and O–H groups in total.